The second-order valence-electron chi connectivity index (χ2n) is 3.70. The molecule has 0 atom stereocenters. The van der Waals surface area contributed by atoms with Gasteiger partial charge in [-0.15, -0.1) is 0 Å². The van der Waals surface area contributed by atoms with Crippen molar-refractivity contribution in [3.8, 4) is 0 Å². The van der Waals surface area contributed by atoms with Gasteiger partial charge in [0.1, 0.15) is 11.3 Å². The van der Waals surface area contributed by atoms with Crippen LogP contribution in [-0.4, -0.2) is 28.3 Å². The molecule has 0 amide bonds. The number of carbonyl (C=O) groups is 1. The van der Waals surface area contributed by atoms with Crippen molar-refractivity contribution in [2.45, 2.75) is 32.3 Å². The van der Waals surface area contributed by atoms with Crippen LogP contribution in [0.1, 0.15) is 37.2 Å². The van der Waals surface area contributed by atoms with Gasteiger partial charge in [0.25, 0.3) is 0 Å². The number of methoxy groups -OCH3 is 1. The van der Waals surface area contributed by atoms with Crippen molar-refractivity contribution in [3.63, 3.8) is 0 Å². The van der Waals surface area contributed by atoms with Crippen LogP contribution >= 0.6 is 15.9 Å². The number of hydrogen-bond acceptors (Lipinski definition) is 3. The molecule has 1 aromatic heterocycles. The maximum absolute atomic E-state index is 12.4. The Labute approximate surface area is 104 Å². The largest absolute Gasteiger partial charge is 0.370 e. The predicted octanol–water partition coefficient (Wildman–Crippen LogP) is 2.57. The molecule has 0 N–H and O–H groups in total. The molecule has 0 radical (unpaired) electrons. The van der Waals surface area contributed by atoms with E-state index in [2.05, 4.69) is 21.0 Å². The second-order valence-corrected chi connectivity index (χ2v) is 4.55. The molecule has 5 heteroatoms. The van der Waals surface area contributed by atoms with Crippen LogP contribution in [0.25, 0.3) is 0 Å². The molecule has 0 spiro atoms. The number of aryl methyl sites for hydroxylation is 1. The average Bonchev–Trinajstić information content (AvgIpc) is 2.61. The lowest BCUT2D eigenvalue weighted by Crippen LogP contribution is -2.40. The molecule has 4 nitrogen and oxygen atoms in total. The summed E-state index contributed by atoms with van der Waals surface area (Å²) in [6.07, 6.45) is 2.92. The highest BCUT2D eigenvalue weighted by atomic mass is 79.9. The molecule has 0 unspecified atom stereocenters. The summed E-state index contributed by atoms with van der Waals surface area (Å²) in [5.41, 5.74) is -0.179. The summed E-state index contributed by atoms with van der Waals surface area (Å²) in [7, 11) is 3.33. The number of aromatic nitrogens is 2. The van der Waals surface area contributed by atoms with E-state index >= 15 is 0 Å². The minimum atomic E-state index is -0.740. The first-order valence-electron chi connectivity index (χ1n) is 5.29. The van der Waals surface area contributed by atoms with Gasteiger partial charge < -0.3 is 4.74 Å². The van der Waals surface area contributed by atoms with E-state index in [4.69, 9.17) is 4.74 Å². The third kappa shape index (κ3) is 2.06. The average molecular weight is 289 g/mol. The lowest BCUT2D eigenvalue weighted by atomic mass is 9.90. The Morgan fingerprint density at radius 3 is 2.44 bits per heavy atom. The first kappa shape index (κ1) is 13.4. The summed E-state index contributed by atoms with van der Waals surface area (Å²) in [6.45, 7) is 3.91. The smallest absolute Gasteiger partial charge is 0.213 e. The van der Waals surface area contributed by atoms with Crippen LogP contribution in [0.5, 0.6) is 0 Å². The van der Waals surface area contributed by atoms with Gasteiger partial charge in [0.15, 0.2) is 0 Å². The lowest BCUT2D eigenvalue weighted by Gasteiger charge is -2.28. The fraction of sp³-hybridized carbons (Fsp3) is 0.636. The van der Waals surface area contributed by atoms with Gasteiger partial charge in [0.2, 0.25) is 5.78 Å². The molecule has 0 aliphatic carbocycles. The van der Waals surface area contributed by atoms with Crippen molar-refractivity contribution in [2.75, 3.05) is 7.11 Å². The molecule has 0 bridgehead atoms. The number of rotatable bonds is 5. The number of hydrogen-bond donors (Lipinski definition) is 0. The SMILES string of the molecule is CCC(CC)(OC)C(=O)c1c(Br)cnn1C. The Morgan fingerprint density at radius 1 is 1.56 bits per heavy atom. The molecule has 0 aliphatic rings. The van der Waals surface area contributed by atoms with Crippen molar-refractivity contribution < 1.29 is 9.53 Å². The Kier molecular flexibility index (Phi) is 4.27. The van der Waals surface area contributed by atoms with Crippen molar-refractivity contribution in [1.82, 2.24) is 9.78 Å². The van der Waals surface area contributed by atoms with E-state index in [0.29, 0.717) is 23.0 Å². The Morgan fingerprint density at radius 2 is 2.12 bits per heavy atom. The fourth-order valence-corrected chi connectivity index (χ4v) is 2.36. The van der Waals surface area contributed by atoms with Crippen LogP contribution in [0, 0.1) is 0 Å². The van der Waals surface area contributed by atoms with E-state index in [9.17, 15) is 4.79 Å². The highest BCUT2D eigenvalue weighted by molar-refractivity contribution is 9.10. The molecule has 0 aliphatic heterocycles. The van der Waals surface area contributed by atoms with E-state index in [1.165, 1.54) is 0 Å². The molecule has 0 fully saturated rings. The fourth-order valence-electron chi connectivity index (χ4n) is 1.83. The minimum absolute atomic E-state index is 0.0214. The molecule has 1 rings (SSSR count). The molecule has 0 saturated carbocycles. The molecule has 1 aromatic rings. The standard InChI is InChI=1S/C11H17BrN2O2/c1-5-11(6-2,16-4)10(15)9-8(12)7-13-14(9)3/h7H,5-6H2,1-4H3. The van der Waals surface area contributed by atoms with Crippen LogP contribution in [0.15, 0.2) is 10.7 Å². The monoisotopic (exact) mass is 288 g/mol. The summed E-state index contributed by atoms with van der Waals surface area (Å²) in [6, 6.07) is 0. The van der Waals surface area contributed by atoms with Crippen LogP contribution < -0.4 is 0 Å². The normalized spacial score (nSPS) is 11.8. The topological polar surface area (TPSA) is 44.1 Å². The van der Waals surface area contributed by atoms with Gasteiger partial charge in [-0.25, -0.2) is 0 Å². The first-order chi connectivity index (χ1) is 7.52. The van der Waals surface area contributed by atoms with E-state index < -0.39 is 5.60 Å². The quantitative estimate of drug-likeness (QED) is 0.782. The predicted molar refractivity (Wildman–Crippen MR) is 65.6 cm³/mol. The highest BCUT2D eigenvalue weighted by Crippen LogP contribution is 2.28. The number of Topliss-reactive ketones (excluding diaryl/α,β-unsaturated/α-hetero) is 1. The van der Waals surface area contributed by atoms with Crippen LogP contribution in [0.2, 0.25) is 0 Å². The van der Waals surface area contributed by atoms with E-state index in [0.717, 1.165) is 0 Å². The van der Waals surface area contributed by atoms with Crippen molar-refractivity contribution in [3.05, 3.63) is 16.4 Å². The zero-order valence-electron chi connectivity index (χ0n) is 10.1. The Bertz CT molecular complexity index is 356. The first-order valence-corrected chi connectivity index (χ1v) is 6.09. The van der Waals surface area contributed by atoms with Gasteiger partial charge in [-0.2, -0.15) is 5.10 Å². The Balaban J connectivity index is 3.19. The number of carbonyl (C=O) groups excluding carboxylic acids is 1. The molecule has 16 heavy (non-hydrogen) atoms. The van der Waals surface area contributed by atoms with E-state index in [1.54, 1.807) is 25.0 Å². The molecular weight excluding hydrogens is 272 g/mol. The van der Waals surface area contributed by atoms with Crippen molar-refractivity contribution in [2.24, 2.45) is 7.05 Å². The molecule has 0 aromatic carbocycles. The number of nitrogens with zero attached hydrogens (tertiary/aromatic N) is 2. The summed E-state index contributed by atoms with van der Waals surface area (Å²) in [5.74, 6) is -0.0214. The molecule has 0 saturated heterocycles. The van der Waals surface area contributed by atoms with Gasteiger partial charge in [0, 0.05) is 14.2 Å². The van der Waals surface area contributed by atoms with Gasteiger partial charge >= 0.3 is 0 Å². The second kappa shape index (κ2) is 5.10. The third-order valence-electron chi connectivity index (χ3n) is 3.06. The third-order valence-corrected chi connectivity index (χ3v) is 3.64. The van der Waals surface area contributed by atoms with Crippen LogP contribution in [0.4, 0.5) is 0 Å². The molecular formula is C11H17BrN2O2. The summed E-state index contributed by atoms with van der Waals surface area (Å²) < 4.78 is 7.71. The highest BCUT2D eigenvalue weighted by Gasteiger charge is 2.38. The van der Waals surface area contributed by atoms with Crippen molar-refractivity contribution >= 4 is 21.7 Å². The van der Waals surface area contributed by atoms with Gasteiger partial charge in [-0.1, -0.05) is 13.8 Å². The summed E-state index contributed by atoms with van der Waals surface area (Å²) in [5, 5.41) is 4.05. The van der Waals surface area contributed by atoms with Crippen LogP contribution in [0.3, 0.4) is 0 Å². The number of ether oxygens (including phenoxy) is 1. The van der Waals surface area contributed by atoms with Gasteiger partial charge in [-0.05, 0) is 28.8 Å². The molecule has 1 heterocycles. The summed E-state index contributed by atoms with van der Waals surface area (Å²) >= 11 is 3.34. The summed E-state index contributed by atoms with van der Waals surface area (Å²) in [4.78, 5) is 12.4. The Hall–Kier alpha value is -0.680. The molecule has 90 valence electrons. The zero-order valence-corrected chi connectivity index (χ0v) is 11.7. The lowest BCUT2D eigenvalue weighted by molar-refractivity contribution is -0.00342. The van der Waals surface area contributed by atoms with Crippen LogP contribution in [-0.2, 0) is 11.8 Å². The van der Waals surface area contributed by atoms with Crippen molar-refractivity contribution in [1.29, 1.82) is 0 Å². The minimum Gasteiger partial charge on any atom is -0.370 e. The van der Waals surface area contributed by atoms with E-state index in [-0.39, 0.29) is 5.78 Å². The number of halogens is 1. The van der Waals surface area contributed by atoms with Gasteiger partial charge in [-0.3, -0.25) is 9.48 Å². The van der Waals surface area contributed by atoms with E-state index in [1.807, 2.05) is 13.8 Å². The maximum Gasteiger partial charge on any atom is 0.213 e. The maximum atomic E-state index is 12.4. The van der Waals surface area contributed by atoms with Gasteiger partial charge in [0.05, 0.1) is 10.7 Å². The zero-order chi connectivity index (χ0) is 12.3. The number of ketones is 1.